The molecule has 1 heterocycles. The van der Waals surface area contributed by atoms with Gasteiger partial charge in [0.1, 0.15) is 7.11 Å². The molecule has 0 spiro atoms. The highest BCUT2D eigenvalue weighted by atomic mass is 19.1. The fraction of sp³-hybridized carbons (Fsp3) is 0.375. The van der Waals surface area contributed by atoms with Gasteiger partial charge in [-0.25, -0.2) is 0 Å². The van der Waals surface area contributed by atoms with Gasteiger partial charge in [-0.2, -0.15) is 4.39 Å². The van der Waals surface area contributed by atoms with Gasteiger partial charge in [-0.05, 0) is 6.92 Å². The molecule has 1 aromatic rings. The Kier molecular flexibility index (Phi) is 2.47. The molecule has 12 heavy (non-hydrogen) atoms. The van der Waals surface area contributed by atoms with Crippen LogP contribution in [0.1, 0.15) is 5.56 Å². The highest BCUT2D eigenvalue weighted by molar-refractivity contribution is 5.27. The van der Waals surface area contributed by atoms with E-state index in [0.29, 0.717) is 11.3 Å². The summed E-state index contributed by atoms with van der Waals surface area (Å²) in [6.07, 6.45) is 2.82. The second kappa shape index (κ2) is 3.38. The molecule has 0 aliphatic heterocycles. The number of nitrogens with zero attached hydrogens (tertiary/aromatic N) is 1. The van der Waals surface area contributed by atoms with Gasteiger partial charge in [0.15, 0.2) is 11.6 Å². The van der Waals surface area contributed by atoms with E-state index in [9.17, 15) is 4.39 Å². The van der Waals surface area contributed by atoms with Crippen LogP contribution in [0.3, 0.4) is 0 Å². The van der Waals surface area contributed by atoms with Gasteiger partial charge < -0.3 is 4.74 Å². The van der Waals surface area contributed by atoms with Crippen molar-refractivity contribution in [2.75, 3.05) is 14.2 Å². The van der Waals surface area contributed by atoms with Crippen LogP contribution < -0.4 is 14.3 Å². The van der Waals surface area contributed by atoms with Crippen LogP contribution >= 0.6 is 0 Å². The van der Waals surface area contributed by atoms with E-state index < -0.39 is 0 Å². The second-order valence-electron chi connectivity index (χ2n) is 2.34. The molecule has 0 N–H and O–H groups in total. The molecule has 1 rings (SSSR count). The minimum absolute atomic E-state index is 0.351. The first-order valence-electron chi connectivity index (χ1n) is 3.49. The summed E-state index contributed by atoms with van der Waals surface area (Å²) < 4.78 is 19.2. The first-order valence-corrected chi connectivity index (χ1v) is 3.49. The molecule has 3 nitrogen and oxygen atoms in total. The first-order chi connectivity index (χ1) is 5.69. The Bertz CT molecular complexity index is 289. The van der Waals surface area contributed by atoms with Crippen LogP contribution in [0.5, 0.6) is 5.75 Å². The van der Waals surface area contributed by atoms with Crippen LogP contribution in [0.2, 0.25) is 0 Å². The van der Waals surface area contributed by atoms with E-state index >= 15 is 0 Å². The van der Waals surface area contributed by atoms with Crippen molar-refractivity contribution >= 4 is 0 Å². The Morgan fingerprint density at radius 2 is 2.00 bits per heavy atom. The van der Waals surface area contributed by atoms with Gasteiger partial charge in [0, 0.05) is 10.3 Å². The molecule has 0 saturated carbocycles. The van der Waals surface area contributed by atoms with E-state index in [-0.39, 0.29) is 5.82 Å². The third-order valence-corrected chi connectivity index (χ3v) is 1.64. The predicted octanol–water partition coefficient (Wildman–Crippen LogP) is 0.489. The predicted molar refractivity (Wildman–Crippen MR) is 40.4 cm³/mol. The van der Waals surface area contributed by atoms with Crippen LogP contribution in [-0.4, -0.2) is 14.2 Å². The van der Waals surface area contributed by atoms with Crippen molar-refractivity contribution in [2.24, 2.45) is 0 Å². The average Bonchev–Trinajstić information content (AvgIpc) is 2.09. The van der Waals surface area contributed by atoms with Crippen molar-refractivity contribution in [3.63, 3.8) is 0 Å². The van der Waals surface area contributed by atoms with E-state index in [1.807, 2.05) is 0 Å². The largest absolute Gasteiger partial charge is 0.490 e. The second-order valence-corrected chi connectivity index (χ2v) is 2.34. The number of halogens is 1. The van der Waals surface area contributed by atoms with E-state index in [1.165, 1.54) is 25.1 Å². The minimum atomic E-state index is -0.351. The molecule has 0 aromatic carbocycles. The smallest absolute Gasteiger partial charge is 0.264 e. The number of hydrogen-bond donors (Lipinski definition) is 0. The van der Waals surface area contributed by atoms with Crippen molar-refractivity contribution in [3.8, 4) is 5.75 Å². The Morgan fingerprint density at radius 1 is 1.33 bits per heavy atom. The molecule has 4 heteroatoms. The van der Waals surface area contributed by atoms with Crippen molar-refractivity contribution in [1.29, 1.82) is 0 Å². The van der Waals surface area contributed by atoms with Gasteiger partial charge in [0.2, 0.25) is 0 Å². The average molecular weight is 172 g/mol. The Balaban J connectivity index is 3.19. The molecule has 66 valence electrons. The molecule has 1 aromatic heterocycles. The summed E-state index contributed by atoms with van der Waals surface area (Å²) in [4.78, 5) is 4.79. The van der Waals surface area contributed by atoms with Crippen molar-refractivity contribution in [1.82, 2.24) is 0 Å². The highest BCUT2D eigenvalue weighted by Gasteiger charge is 2.13. The third-order valence-electron chi connectivity index (χ3n) is 1.64. The van der Waals surface area contributed by atoms with Crippen molar-refractivity contribution in [3.05, 3.63) is 23.8 Å². The maximum Gasteiger partial charge on any atom is 0.264 e. The molecule has 0 unspecified atom stereocenters. The molecule has 0 fully saturated rings. The number of hydrogen-bond acceptors (Lipinski definition) is 2. The first kappa shape index (κ1) is 8.77. The van der Waals surface area contributed by atoms with Crippen molar-refractivity contribution in [2.45, 2.75) is 6.92 Å². The quantitative estimate of drug-likeness (QED) is 0.606. The van der Waals surface area contributed by atoms with Gasteiger partial charge in [0.25, 0.3) is 12.4 Å². The lowest BCUT2D eigenvalue weighted by Gasteiger charge is -2.01. The van der Waals surface area contributed by atoms with Gasteiger partial charge in [-0.1, -0.05) is 0 Å². The molecular weight excluding hydrogens is 161 g/mol. The van der Waals surface area contributed by atoms with E-state index in [1.54, 1.807) is 13.1 Å². The number of methoxy groups -OCH3 is 1. The van der Waals surface area contributed by atoms with Crippen molar-refractivity contribution < 1.29 is 18.7 Å². The minimum Gasteiger partial charge on any atom is -0.490 e. The molecule has 0 atom stereocenters. The van der Waals surface area contributed by atoms with E-state index in [4.69, 9.17) is 9.57 Å². The van der Waals surface area contributed by atoms with Gasteiger partial charge in [-0.3, -0.25) is 4.84 Å². The Hall–Kier alpha value is -1.32. The SMILES string of the molecule is COc1c[n+](OC)cc(F)c1C. The molecule has 0 amide bonds. The molecule has 0 radical (unpaired) electrons. The fourth-order valence-corrected chi connectivity index (χ4v) is 0.887. The summed E-state index contributed by atoms with van der Waals surface area (Å²) in [5, 5.41) is 0. The molecule has 0 aliphatic rings. The lowest BCUT2D eigenvalue weighted by atomic mass is 10.3. The zero-order valence-electron chi connectivity index (χ0n) is 7.30. The lowest BCUT2D eigenvalue weighted by Crippen LogP contribution is -2.40. The van der Waals surface area contributed by atoms with Gasteiger partial charge in [-0.15, -0.1) is 0 Å². The monoisotopic (exact) mass is 172 g/mol. The van der Waals surface area contributed by atoms with Crippen LogP contribution in [0.4, 0.5) is 4.39 Å². The van der Waals surface area contributed by atoms with E-state index in [2.05, 4.69) is 0 Å². The maximum atomic E-state index is 13.0. The fourth-order valence-electron chi connectivity index (χ4n) is 0.887. The summed E-state index contributed by atoms with van der Waals surface area (Å²) in [7, 11) is 2.94. The van der Waals surface area contributed by atoms with Gasteiger partial charge in [0.05, 0.1) is 7.11 Å². The molecule has 0 aliphatic carbocycles. The van der Waals surface area contributed by atoms with Crippen LogP contribution in [-0.2, 0) is 0 Å². The summed E-state index contributed by atoms with van der Waals surface area (Å²) in [6.45, 7) is 1.65. The van der Waals surface area contributed by atoms with Crippen LogP contribution in [0.25, 0.3) is 0 Å². The number of rotatable bonds is 2. The van der Waals surface area contributed by atoms with E-state index in [0.717, 1.165) is 0 Å². The third kappa shape index (κ3) is 1.47. The standard InChI is InChI=1S/C8H11FNO2/c1-6-7(9)4-10(12-3)5-8(6)11-2/h4-5H,1-3H3/q+1. The normalized spacial score (nSPS) is 9.67. The summed E-state index contributed by atoms with van der Waals surface area (Å²) >= 11 is 0. The topological polar surface area (TPSA) is 22.3 Å². The summed E-state index contributed by atoms with van der Waals surface area (Å²) in [5.41, 5.74) is 0.478. The van der Waals surface area contributed by atoms with Crippen LogP contribution in [0.15, 0.2) is 12.4 Å². The summed E-state index contributed by atoms with van der Waals surface area (Å²) in [5.74, 6) is 0.119. The van der Waals surface area contributed by atoms with Gasteiger partial charge >= 0.3 is 0 Å². The zero-order valence-corrected chi connectivity index (χ0v) is 7.30. The number of aromatic nitrogens is 1. The maximum absolute atomic E-state index is 13.0. The molecular formula is C8H11FNO2+. The molecule has 0 saturated heterocycles. The Morgan fingerprint density at radius 3 is 2.50 bits per heavy atom. The van der Waals surface area contributed by atoms with Crippen LogP contribution in [0, 0.1) is 12.7 Å². The molecule has 0 bridgehead atoms. The number of ether oxygens (including phenoxy) is 1. The number of pyridine rings is 1. The Labute approximate surface area is 70.3 Å². The highest BCUT2D eigenvalue weighted by Crippen LogP contribution is 2.16. The lowest BCUT2D eigenvalue weighted by molar-refractivity contribution is -0.886. The summed E-state index contributed by atoms with van der Waals surface area (Å²) in [6, 6.07) is 0. The zero-order chi connectivity index (χ0) is 9.14.